The van der Waals surface area contributed by atoms with Gasteiger partial charge in [-0.05, 0) is 98.6 Å². The molecule has 42 heavy (non-hydrogen) atoms. The van der Waals surface area contributed by atoms with E-state index in [4.69, 9.17) is 4.74 Å². The van der Waals surface area contributed by atoms with Gasteiger partial charge in [-0.25, -0.2) is 9.59 Å². The van der Waals surface area contributed by atoms with E-state index in [9.17, 15) is 18.4 Å². The average Bonchev–Trinajstić information content (AvgIpc) is 2.99. The lowest BCUT2D eigenvalue weighted by atomic mass is 9.49. The summed E-state index contributed by atoms with van der Waals surface area (Å²) >= 11 is 0. The molecule has 4 aliphatic rings. The van der Waals surface area contributed by atoms with Crippen LogP contribution in [0.1, 0.15) is 52.4 Å². The third kappa shape index (κ3) is 6.72. The van der Waals surface area contributed by atoms with Gasteiger partial charge in [-0.3, -0.25) is 0 Å². The zero-order valence-corrected chi connectivity index (χ0v) is 25.0. The fraction of sp³-hybridized carbons (Fsp3) is 0.429. The Hall–Kier alpha value is -3.19. The predicted molar refractivity (Wildman–Crippen MR) is 159 cm³/mol. The van der Waals surface area contributed by atoms with Gasteiger partial charge in [0.25, 0.3) is 0 Å². The maximum absolute atomic E-state index is 12.8. The third-order valence-corrected chi connectivity index (χ3v) is 11.2. The summed E-state index contributed by atoms with van der Waals surface area (Å²) in [5, 5.41) is 0. The number of carbonyl (C=O) groups is 2. The number of rotatable bonds is 8. The molecule has 4 saturated carbocycles. The van der Waals surface area contributed by atoms with E-state index in [0.717, 1.165) is 43.9 Å². The minimum absolute atomic E-state index is 0.0146. The van der Waals surface area contributed by atoms with Crippen LogP contribution in [0.15, 0.2) is 106 Å². The molecule has 0 heterocycles. The standard InChI is InChI=1S/C18H15S.C17H24F2O4/c1-4-10-16(11-5-1)19(17-12-6-2-7-13-17)18-14-8-3-9-15-18;1-3-17(23-14(20)9-22-15(21)16(2,18)19)12-5-10-4-11(7-12)8-13(17)6-10/h1-15H;10-13H,3-9H2,1-2H3/q+1;. The van der Waals surface area contributed by atoms with Gasteiger partial charge in [-0.2, -0.15) is 8.78 Å². The lowest BCUT2D eigenvalue weighted by molar-refractivity contribution is -0.215. The van der Waals surface area contributed by atoms with Crippen molar-refractivity contribution in [1.29, 1.82) is 0 Å². The first-order valence-corrected chi connectivity index (χ1v) is 16.1. The molecule has 0 saturated heterocycles. The summed E-state index contributed by atoms with van der Waals surface area (Å²) < 4.78 is 35.7. The average molecular weight is 594 g/mol. The molecular formula is C35H39F2O4S+. The van der Waals surface area contributed by atoms with Crippen molar-refractivity contribution in [2.24, 2.45) is 23.7 Å². The Balaban J connectivity index is 0.000000171. The highest BCUT2D eigenvalue weighted by molar-refractivity contribution is 7.97. The quantitative estimate of drug-likeness (QED) is 0.196. The number of hydrogen-bond acceptors (Lipinski definition) is 4. The molecule has 3 aromatic carbocycles. The van der Waals surface area contributed by atoms with E-state index in [1.165, 1.54) is 21.1 Å². The van der Waals surface area contributed by atoms with Crippen molar-refractivity contribution in [1.82, 2.24) is 0 Å². The van der Waals surface area contributed by atoms with E-state index < -0.39 is 30.1 Å². The normalized spacial score (nSPS) is 25.8. The van der Waals surface area contributed by atoms with Gasteiger partial charge in [0.15, 0.2) is 21.3 Å². The highest BCUT2D eigenvalue weighted by Crippen LogP contribution is 2.60. The summed E-state index contributed by atoms with van der Waals surface area (Å²) in [6, 6.07) is 32.2. The SMILES string of the molecule is CCC1(OC(=O)COC(=O)C(C)(F)F)C2CC3CC(C2)CC1C3.c1ccc([S+](c2ccccc2)c2ccccc2)cc1. The third-order valence-electron chi connectivity index (χ3n) is 8.99. The maximum atomic E-state index is 12.8. The summed E-state index contributed by atoms with van der Waals surface area (Å²) in [6.07, 6.45) is 6.36. The van der Waals surface area contributed by atoms with E-state index in [1.54, 1.807) is 0 Å². The molecule has 0 aliphatic heterocycles. The number of ether oxygens (including phenoxy) is 2. The number of carbonyl (C=O) groups excluding carboxylic acids is 2. The van der Waals surface area contributed by atoms with Gasteiger partial charge in [-0.1, -0.05) is 61.5 Å². The van der Waals surface area contributed by atoms with Crippen LogP contribution in [-0.4, -0.2) is 30.1 Å². The molecule has 4 nitrogen and oxygen atoms in total. The molecule has 0 spiro atoms. The summed E-state index contributed by atoms with van der Waals surface area (Å²) in [4.78, 5) is 27.2. The maximum Gasteiger partial charge on any atom is 0.377 e. The summed E-state index contributed by atoms with van der Waals surface area (Å²) in [7, 11) is -0.0146. The zero-order valence-electron chi connectivity index (χ0n) is 24.2. The molecule has 0 radical (unpaired) electrons. The molecule has 0 N–H and O–H groups in total. The van der Waals surface area contributed by atoms with Crippen LogP contribution >= 0.6 is 0 Å². The molecule has 7 heteroatoms. The topological polar surface area (TPSA) is 52.6 Å². The monoisotopic (exact) mass is 593 g/mol. The first-order valence-electron chi connectivity index (χ1n) is 14.9. The second-order valence-electron chi connectivity index (χ2n) is 11.8. The van der Waals surface area contributed by atoms with Crippen molar-refractivity contribution in [2.75, 3.05) is 6.61 Å². The Morgan fingerprint density at radius 1 is 0.762 bits per heavy atom. The van der Waals surface area contributed by atoms with Gasteiger partial charge in [0.2, 0.25) is 0 Å². The van der Waals surface area contributed by atoms with Crippen LogP contribution in [-0.2, 0) is 30.0 Å². The van der Waals surface area contributed by atoms with E-state index in [-0.39, 0.29) is 10.9 Å². The van der Waals surface area contributed by atoms with Crippen molar-refractivity contribution in [3.63, 3.8) is 0 Å². The number of halogens is 2. The molecule has 222 valence electrons. The molecule has 0 atom stereocenters. The van der Waals surface area contributed by atoms with Gasteiger partial charge in [0.05, 0.1) is 10.9 Å². The number of hydrogen-bond donors (Lipinski definition) is 0. The molecule has 0 aromatic heterocycles. The Bertz CT molecular complexity index is 1210. The minimum atomic E-state index is -3.59. The Morgan fingerprint density at radius 2 is 1.17 bits per heavy atom. The summed E-state index contributed by atoms with van der Waals surface area (Å²) in [6.45, 7) is 1.73. The van der Waals surface area contributed by atoms with E-state index in [2.05, 4.69) is 95.7 Å². The van der Waals surface area contributed by atoms with Gasteiger partial charge in [-0.15, -0.1) is 0 Å². The number of alkyl halides is 2. The van der Waals surface area contributed by atoms with Gasteiger partial charge < -0.3 is 9.47 Å². The van der Waals surface area contributed by atoms with Crippen LogP contribution in [0.4, 0.5) is 8.78 Å². The highest BCUT2D eigenvalue weighted by Gasteiger charge is 2.58. The van der Waals surface area contributed by atoms with Crippen molar-refractivity contribution in [3.05, 3.63) is 91.0 Å². The minimum Gasteiger partial charge on any atom is -0.456 e. The van der Waals surface area contributed by atoms with Crippen molar-refractivity contribution < 1.29 is 27.8 Å². The second kappa shape index (κ2) is 13.0. The molecule has 4 aliphatic carbocycles. The van der Waals surface area contributed by atoms with Crippen LogP contribution < -0.4 is 0 Å². The molecule has 4 fully saturated rings. The van der Waals surface area contributed by atoms with Crippen molar-refractivity contribution in [2.45, 2.75) is 78.6 Å². The van der Waals surface area contributed by atoms with Crippen LogP contribution in [0.2, 0.25) is 0 Å². The Kier molecular flexibility index (Phi) is 9.36. The first kappa shape index (κ1) is 30.3. The Morgan fingerprint density at radius 3 is 1.52 bits per heavy atom. The van der Waals surface area contributed by atoms with Crippen LogP contribution in [0, 0.1) is 23.7 Å². The molecule has 7 rings (SSSR count). The highest BCUT2D eigenvalue weighted by atomic mass is 32.2. The van der Waals surface area contributed by atoms with Gasteiger partial charge >= 0.3 is 17.9 Å². The first-order chi connectivity index (χ1) is 20.2. The lowest BCUT2D eigenvalue weighted by Crippen LogP contribution is -2.59. The number of benzene rings is 3. The fourth-order valence-corrected chi connectivity index (χ4v) is 9.47. The van der Waals surface area contributed by atoms with Gasteiger partial charge in [0.1, 0.15) is 5.60 Å². The molecular weight excluding hydrogens is 554 g/mol. The van der Waals surface area contributed by atoms with E-state index >= 15 is 0 Å². The zero-order chi connectivity index (χ0) is 29.7. The molecule has 3 aromatic rings. The summed E-state index contributed by atoms with van der Waals surface area (Å²) in [5.74, 6) is -3.79. The molecule has 4 bridgehead atoms. The van der Waals surface area contributed by atoms with Crippen molar-refractivity contribution in [3.8, 4) is 0 Å². The van der Waals surface area contributed by atoms with Crippen LogP contribution in [0.3, 0.4) is 0 Å². The van der Waals surface area contributed by atoms with Crippen LogP contribution in [0.25, 0.3) is 0 Å². The Labute approximate surface area is 250 Å². The lowest BCUT2D eigenvalue weighted by Gasteiger charge is -2.60. The van der Waals surface area contributed by atoms with Crippen molar-refractivity contribution >= 4 is 22.8 Å². The smallest absolute Gasteiger partial charge is 0.377 e. The number of esters is 2. The molecule has 0 amide bonds. The largest absolute Gasteiger partial charge is 0.456 e. The molecule has 0 unspecified atom stereocenters. The van der Waals surface area contributed by atoms with Gasteiger partial charge in [0, 0.05) is 6.92 Å². The van der Waals surface area contributed by atoms with E-state index in [1.807, 2.05) is 6.92 Å². The van der Waals surface area contributed by atoms with Crippen LogP contribution in [0.5, 0.6) is 0 Å². The summed E-state index contributed by atoms with van der Waals surface area (Å²) in [5.41, 5.74) is -0.494. The fourth-order valence-electron chi connectivity index (χ4n) is 7.37. The second-order valence-corrected chi connectivity index (χ2v) is 13.8. The predicted octanol–water partition coefficient (Wildman–Crippen LogP) is 8.11. The van der Waals surface area contributed by atoms with E-state index in [0.29, 0.717) is 18.8 Å².